The molecule has 0 bridgehead atoms. The van der Waals surface area contributed by atoms with Gasteiger partial charge in [0.2, 0.25) is 0 Å². The van der Waals surface area contributed by atoms with Gasteiger partial charge in [-0.2, -0.15) is 5.26 Å². The second-order valence-corrected chi connectivity index (χ2v) is 3.73. The van der Waals surface area contributed by atoms with Crippen LogP contribution in [0, 0.1) is 11.3 Å². The number of para-hydroxylation sites is 1. The van der Waals surface area contributed by atoms with E-state index in [0.717, 1.165) is 6.42 Å². The summed E-state index contributed by atoms with van der Waals surface area (Å²) in [5.41, 5.74) is 3.74. The van der Waals surface area contributed by atoms with Gasteiger partial charge in [0.05, 0.1) is 6.07 Å². The van der Waals surface area contributed by atoms with Gasteiger partial charge in [-0.15, -0.1) is 0 Å². The van der Waals surface area contributed by atoms with Crippen LogP contribution in [0.4, 0.5) is 0 Å². The van der Waals surface area contributed by atoms with Gasteiger partial charge in [0.15, 0.2) is 0 Å². The molecule has 0 aliphatic heterocycles. The largest absolute Gasteiger partial charge is 0.327 e. The molecular formula is C13H10N2. The monoisotopic (exact) mass is 194 g/mol. The van der Waals surface area contributed by atoms with Gasteiger partial charge < -0.3 is 4.57 Å². The lowest BCUT2D eigenvalue weighted by Gasteiger charge is -2.01. The highest BCUT2D eigenvalue weighted by molar-refractivity contribution is 5.90. The first-order chi connectivity index (χ1) is 7.42. The van der Waals surface area contributed by atoms with Gasteiger partial charge in [-0.05, 0) is 24.1 Å². The van der Waals surface area contributed by atoms with Gasteiger partial charge in [0, 0.05) is 16.6 Å². The molecular weight excluding hydrogens is 184 g/mol. The van der Waals surface area contributed by atoms with Crippen LogP contribution < -0.4 is 0 Å². The standard InChI is InChI=1S/C13H10N2/c14-8-9-15-12-6-2-1-4-10(12)11-5-3-7-13(11)15/h1-4,6-7H,5,9H2. The maximum Gasteiger partial charge on any atom is 0.110 e. The zero-order valence-electron chi connectivity index (χ0n) is 8.27. The van der Waals surface area contributed by atoms with Crippen LogP contribution in [0.3, 0.4) is 0 Å². The van der Waals surface area contributed by atoms with E-state index in [2.05, 4.69) is 41.0 Å². The Kier molecular flexibility index (Phi) is 1.66. The van der Waals surface area contributed by atoms with Crippen LogP contribution in [0.1, 0.15) is 11.3 Å². The van der Waals surface area contributed by atoms with Crippen LogP contribution in [0.2, 0.25) is 0 Å². The molecule has 0 saturated carbocycles. The van der Waals surface area contributed by atoms with Crippen molar-refractivity contribution in [3.05, 3.63) is 41.6 Å². The molecule has 2 nitrogen and oxygen atoms in total. The first-order valence-electron chi connectivity index (χ1n) is 5.05. The maximum absolute atomic E-state index is 8.83. The van der Waals surface area contributed by atoms with Crippen molar-refractivity contribution in [3.63, 3.8) is 0 Å². The fourth-order valence-corrected chi connectivity index (χ4v) is 2.33. The van der Waals surface area contributed by atoms with Crippen molar-refractivity contribution in [2.24, 2.45) is 0 Å². The molecule has 72 valence electrons. The molecule has 15 heavy (non-hydrogen) atoms. The summed E-state index contributed by atoms with van der Waals surface area (Å²) in [4.78, 5) is 0. The Hall–Kier alpha value is -2.01. The Bertz CT molecular complexity index is 597. The number of nitriles is 1. The van der Waals surface area contributed by atoms with E-state index >= 15 is 0 Å². The number of nitrogens with zero attached hydrogens (tertiary/aromatic N) is 2. The molecule has 0 amide bonds. The molecule has 0 saturated heterocycles. The number of aromatic nitrogens is 1. The highest BCUT2D eigenvalue weighted by atomic mass is 15.0. The van der Waals surface area contributed by atoms with E-state index in [0.29, 0.717) is 6.54 Å². The van der Waals surface area contributed by atoms with Crippen LogP contribution in [0.5, 0.6) is 0 Å². The van der Waals surface area contributed by atoms with E-state index in [4.69, 9.17) is 5.26 Å². The van der Waals surface area contributed by atoms with E-state index in [-0.39, 0.29) is 0 Å². The second kappa shape index (κ2) is 2.99. The number of fused-ring (bicyclic) bond motifs is 3. The number of hydrogen-bond acceptors (Lipinski definition) is 1. The van der Waals surface area contributed by atoms with Crippen LogP contribution in [0.25, 0.3) is 17.0 Å². The Morgan fingerprint density at radius 1 is 1.33 bits per heavy atom. The van der Waals surface area contributed by atoms with Crippen LogP contribution >= 0.6 is 0 Å². The fourth-order valence-electron chi connectivity index (χ4n) is 2.33. The summed E-state index contributed by atoms with van der Waals surface area (Å²) in [5, 5.41) is 10.1. The molecule has 2 heteroatoms. The Balaban J connectivity index is 2.41. The summed E-state index contributed by atoms with van der Waals surface area (Å²) < 4.78 is 2.09. The van der Waals surface area contributed by atoms with Crippen LogP contribution in [-0.4, -0.2) is 4.57 Å². The minimum atomic E-state index is 0.431. The fraction of sp³-hybridized carbons (Fsp3) is 0.154. The second-order valence-electron chi connectivity index (χ2n) is 3.73. The first kappa shape index (κ1) is 8.31. The summed E-state index contributed by atoms with van der Waals surface area (Å²) in [6, 6.07) is 10.5. The molecule has 0 fully saturated rings. The zero-order chi connectivity index (χ0) is 10.3. The van der Waals surface area contributed by atoms with Crippen molar-refractivity contribution in [3.8, 4) is 6.07 Å². The van der Waals surface area contributed by atoms with Gasteiger partial charge in [-0.3, -0.25) is 0 Å². The Morgan fingerprint density at radius 3 is 3.07 bits per heavy atom. The number of benzene rings is 1. The first-order valence-corrected chi connectivity index (χ1v) is 5.05. The molecule has 0 unspecified atom stereocenters. The molecule has 0 radical (unpaired) electrons. The van der Waals surface area contributed by atoms with Crippen molar-refractivity contribution in [2.45, 2.75) is 13.0 Å². The average molecular weight is 194 g/mol. The molecule has 0 N–H and O–H groups in total. The van der Waals surface area contributed by atoms with E-state index in [1.165, 1.54) is 22.2 Å². The highest BCUT2D eigenvalue weighted by Crippen LogP contribution is 2.31. The maximum atomic E-state index is 8.83. The third-order valence-corrected chi connectivity index (χ3v) is 2.95. The summed E-state index contributed by atoms with van der Waals surface area (Å²) in [5.74, 6) is 0. The smallest absolute Gasteiger partial charge is 0.110 e. The lowest BCUT2D eigenvalue weighted by atomic mass is 10.1. The van der Waals surface area contributed by atoms with Crippen LogP contribution in [-0.2, 0) is 13.0 Å². The van der Waals surface area contributed by atoms with E-state index < -0.39 is 0 Å². The number of allylic oxidation sites excluding steroid dienone is 1. The summed E-state index contributed by atoms with van der Waals surface area (Å²) in [6.07, 6.45) is 5.27. The molecule has 1 heterocycles. The van der Waals surface area contributed by atoms with E-state index in [1.54, 1.807) is 0 Å². The summed E-state index contributed by atoms with van der Waals surface area (Å²) in [6.45, 7) is 0.431. The summed E-state index contributed by atoms with van der Waals surface area (Å²) >= 11 is 0. The predicted molar refractivity (Wildman–Crippen MR) is 60.3 cm³/mol. The van der Waals surface area contributed by atoms with E-state index in [9.17, 15) is 0 Å². The molecule has 1 aliphatic rings. The molecule has 2 aromatic rings. The SMILES string of the molecule is N#CCn1c2c(c3ccccc31)CC=C2. The zero-order valence-corrected chi connectivity index (χ0v) is 8.27. The molecule has 3 rings (SSSR count). The Morgan fingerprint density at radius 2 is 2.20 bits per heavy atom. The average Bonchev–Trinajstić information content (AvgIpc) is 2.82. The van der Waals surface area contributed by atoms with Gasteiger partial charge >= 0.3 is 0 Å². The third kappa shape index (κ3) is 1.04. The normalized spacial score (nSPS) is 13.0. The minimum Gasteiger partial charge on any atom is -0.327 e. The van der Waals surface area contributed by atoms with Gasteiger partial charge in [-0.1, -0.05) is 24.3 Å². The third-order valence-electron chi connectivity index (χ3n) is 2.95. The van der Waals surface area contributed by atoms with Gasteiger partial charge in [0.1, 0.15) is 6.54 Å². The van der Waals surface area contributed by atoms with Crippen molar-refractivity contribution in [1.29, 1.82) is 5.26 Å². The lowest BCUT2D eigenvalue weighted by Crippen LogP contribution is -1.97. The lowest BCUT2D eigenvalue weighted by molar-refractivity contribution is 0.862. The predicted octanol–water partition coefficient (Wildman–Crippen LogP) is 2.73. The molecule has 0 spiro atoms. The van der Waals surface area contributed by atoms with E-state index in [1.807, 2.05) is 6.07 Å². The van der Waals surface area contributed by atoms with Gasteiger partial charge in [-0.25, -0.2) is 0 Å². The summed E-state index contributed by atoms with van der Waals surface area (Å²) in [7, 11) is 0. The molecule has 0 atom stereocenters. The molecule has 1 aliphatic carbocycles. The minimum absolute atomic E-state index is 0.431. The quantitative estimate of drug-likeness (QED) is 0.686. The van der Waals surface area contributed by atoms with Crippen molar-refractivity contribution < 1.29 is 0 Å². The molecule has 1 aromatic heterocycles. The number of hydrogen-bond donors (Lipinski definition) is 0. The topological polar surface area (TPSA) is 28.7 Å². The van der Waals surface area contributed by atoms with Crippen molar-refractivity contribution >= 4 is 17.0 Å². The van der Waals surface area contributed by atoms with Crippen LogP contribution in [0.15, 0.2) is 30.3 Å². The number of rotatable bonds is 1. The van der Waals surface area contributed by atoms with Crippen molar-refractivity contribution in [1.82, 2.24) is 4.57 Å². The van der Waals surface area contributed by atoms with Gasteiger partial charge in [0.25, 0.3) is 0 Å². The molecule has 1 aromatic carbocycles. The highest BCUT2D eigenvalue weighted by Gasteiger charge is 2.16. The van der Waals surface area contributed by atoms with Crippen molar-refractivity contribution in [2.75, 3.05) is 0 Å². The Labute approximate surface area is 88.1 Å².